The molecule has 3 rings (SSSR count). The molecule has 3 aromatic rings. The van der Waals surface area contributed by atoms with Crippen LogP contribution in [0.3, 0.4) is 0 Å². The summed E-state index contributed by atoms with van der Waals surface area (Å²) in [7, 11) is 3.05. The van der Waals surface area contributed by atoms with E-state index in [0.717, 1.165) is 0 Å². The molecule has 1 heterocycles. The molecule has 0 atom stereocenters. The van der Waals surface area contributed by atoms with E-state index in [9.17, 15) is 10.0 Å². The van der Waals surface area contributed by atoms with Crippen LogP contribution in [0.1, 0.15) is 0 Å². The second kappa shape index (κ2) is 5.40. The van der Waals surface area contributed by atoms with Crippen LogP contribution in [-0.2, 0) is 0 Å². The first-order valence-electron chi connectivity index (χ1n) is 6.59. The van der Waals surface area contributed by atoms with E-state index in [4.69, 9.17) is 9.47 Å². The molecule has 0 radical (unpaired) electrons. The zero-order valence-corrected chi connectivity index (χ0v) is 12.1. The highest BCUT2D eigenvalue weighted by Gasteiger charge is 2.14. The van der Waals surface area contributed by atoms with Crippen molar-refractivity contribution < 1.29 is 14.7 Å². The van der Waals surface area contributed by atoms with E-state index in [2.05, 4.69) is 4.98 Å². The van der Waals surface area contributed by atoms with Crippen LogP contribution in [0.2, 0.25) is 0 Å². The minimum Gasteiger partial charge on any atom is -0.493 e. The van der Waals surface area contributed by atoms with Crippen molar-refractivity contribution in [3.05, 3.63) is 52.8 Å². The van der Waals surface area contributed by atoms with Crippen molar-refractivity contribution in [2.24, 2.45) is 0 Å². The van der Waals surface area contributed by atoms with Crippen LogP contribution >= 0.6 is 0 Å². The molecule has 0 saturated heterocycles. The Morgan fingerprint density at radius 2 is 1.77 bits per heavy atom. The normalized spacial score (nSPS) is 10.6. The van der Waals surface area contributed by atoms with Gasteiger partial charge in [-0.1, -0.05) is 12.1 Å². The summed E-state index contributed by atoms with van der Waals surface area (Å²) >= 11 is 0. The smallest absolute Gasteiger partial charge is 0.294 e. The maximum atomic E-state index is 12.2. The van der Waals surface area contributed by atoms with Crippen molar-refractivity contribution in [2.45, 2.75) is 0 Å². The summed E-state index contributed by atoms with van der Waals surface area (Å²) in [5.74, 6) is 1.19. The van der Waals surface area contributed by atoms with E-state index in [1.807, 2.05) is 0 Å². The molecular formula is C16H14N2O4. The average molecular weight is 298 g/mol. The van der Waals surface area contributed by atoms with Crippen LogP contribution in [-0.4, -0.2) is 29.1 Å². The molecule has 0 aliphatic carbocycles. The monoisotopic (exact) mass is 298 g/mol. The highest BCUT2D eigenvalue weighted by atomic mass is 16.5. The van der Waals surface area contributed by atoms with Gasteiger partial charge in [-0.15, -0.1) is 4.73 Å². The highest BCUT2D eigenvalue weighted by molar-refractivity contribution is 5.79. The molecule has 0 fully saturated rings. The van der Waals surface area contributed by atoms with Gasteiger partial charge >= 0.3 is 0 Å². The number of benzene rings is 2. The van der Waals surface area contributed by atoms with Crippen LogP contribution in [0.5, 0.6) is 11.5 Å². The predicted molar refractivity (Wildman–Crippen MR) is 81.7 cm³/mol. The fraction of sp³-hybridized carbons (Fsp3) is 0.125. The van der Waals surface area contributed by atoms with Gasteiger partial charge in [-0.3, -0.25) is 4.79 Å². The Labute approximate surface area is 126 Å². The molecule has 2 aromatic carbocycles. The summed E-state index contributed by atoms with van der Waals surface area (Å²) in [6.07, 6.45) is 0. The molecule has 0 amide bonds. The second-order valence-electron chi connectivity index (χ2n) is 4.64. The van der Waals surface area contributed by atoms with Gasteiger partial charge in [0, 0.05) is 5.56 Å². The molecule has 112 valence electrons. The lowest BCUT2D eigenvalue weighted by atomic mass is 10.1. The fourth-order valence-electron chi connectivity index (χ4n) is 2.29. The maximum absolute atomic E-state index is 12.2. The van der Waals surface area contributed by atoms with Crippen molar-refractivity contribution in [3.8, 4) is 22.9 Å². The molecule has 6 nitrogen and oxygen atoms in total. The van der Waals surface area contributed by atoms with E-state index in [1.165, 1.54) is 14.2 Å². The molecule has 1 N–H and O–H groups in total. The Kier molecular flexibility index (Phi) is 3.42. The summed E-state index contributed by atoms with van der Waals surface area (Å²) in [5, 5.41) is 10.5. The summed E-state index contributed by atoms with van der Waals surface area (Å²) in [4.78, 5) is 16.6. The number of nitrogens with zero attached hydrogens (tertiary/aromatic N) is 2. The Morgan fingerprint density at radius 3 is 2.50 bits per heavy atom. The quantitative estimate of drug-likeness (QED) is 0.751. The number of rotatable bonds is 3. The molecule has 22 heavy (non-hydrogen) atoms. The number of fused-ring (bicyclic) bond motifs is 1. The van der Waals surface area contributed by atoms with E-state index < -0.39 is 5.56 Å². The standard InChI is InChI=1S/C16H14N2O4/c1-21-13-8-7-10(9-14(13)22-2)15-17-12-6-4-3-5-11(12)16(19)18(15)20/h3-9,20H,1-2H3. The molecule has 0 bridgehead atoms. The number of para-hydroxylation sites is 1. The van der Waals surface area contributed by atoms with Crippen LogP contribution in [0.25, 0.3) is 22.3 Å². The van der Waals surface area contributed by atoms with Crippen molar-refractivity contribution >= 4 is 10.9 Å². The van der Waals surface area contributed by atoms with Crippen molar-refractivity contribution in [1.82, 2.24) is 9.71 Å². The topological polar surface area (TPSA) is 73.6 Å². The van der Waals surface area contributed by atoms with Crippen LogP contribution < -0.4 is 15.0 Å². The summed E-state index contributed by atoms with van der Waals surface area (Å²) in [6, 6.07) is 11.9. The Bertz CT molecular complexity index is 902. The molecule has 6 heteroatoms. The van der Waals surface area contributed by atoms with Gasteiger partial charge in [-0.05, 0) is 30.3 Å². The Balaban J connectivity index is 2.26. The molecule has 0 aliphatic heterocycles. The lowest BCUT2D eigenvalue weighted by molar-refractivity contribution is 0.178. The number of ether oxygens (including phenoxy) is 2. The average Bonchev–Trinajstić information content (AvgIpc) is 2.57. The van der Waals surface area contributed by atoms with Gasteiger partial charge in [0.05, 0.1) is 25.1 Å². The summed E-state index contributed by atoms with van der Waals surface area (Å²) in [6.45, 7) is 0. The van der Waals surface area contributed by atoms with Crippen LogP contribution in [0, 0.1) is 0 Å². The van der Waals surface area contributed by atoms with Gasteiger partial charge in [0.1, 0.15) is 0 Å². The maximum Gasteiger partial charge on any atom is 0.294 e. The van der Waals surface area contributed by atoms with E-state index in [1.54, 1.807) is 42.5 Å². The van der Waals surface area contributed by atoms with Crippen LogP contribution in [0.15, 0.2) is 47.3 Å². The van der Waals surface area contributed by atoms with Gasteiger partial charge in [0.25, 0.3) is 5.56 Å². The largest absolute Gasteiger partial charge is 0.493 e. The van der Waals surface area contributed by atoms with Crippen molar-refractivity contribution in [1.29, 1.82) is 0 Å². The zero-order chi connectivity index (χ0) is 15.7. The second-order valence-corrected chi connectivity index (χ2v) is 4.64. The summed E-state index contributed by atoms with van der Waals surface area (Å²) in [5.41, 5.74) is 0.543. The molecule has 1 aromatic heterocycles. The fourth-order valence-corrected chi connectivity index (χ4v) is 2.29. The minimum absolute atomic E-state index is 0.143. The van der Waals surface area contributed by atoms with E-state index in [-0.39, 0.29) is 5.82 Å². The van der Waals surface area contributed by atoms with Crippen molar-refractivity contribution in [3.63, 3.8) is 0 Å². The summed E-state index contributed by atoms with van der Waals surface area (Å²) < 4.78 is 11.0. The molecule has 0 spiro atoms. The zero-order valence-electron chi connectivity index (χ0n) is 12.1. The van der Waals surface area contributed by atoms with Gasteiger partial charge < -0.3 is 14.7 Å². The first-order chi connectivity index (χ1) is 10.7. The number of methoxy groups -OCH3 is 2. The van der Waals surface area contributed by atoms with Gasteiger partial charge in [0.15, 0.2) is 17.3 Å². The molecule has 0 saturated carbocycles. The molecule has 0 unspecified atom stereocenters. The Morgan fingerprint density at radius 1 is 1.05 bits per heavy atom. The lowest BCUT2D eigenvalue weighted by Crippen LogP contribution is -2.21. The highest BCUT2D eigenvalue weighted by Crippen LogP contribution is 2.31. The molecule has 0 aliphatic rings. The van der Waals surface area contributed by atoms with E-state index >= 15 is 0 Å². The van der Waals surface area contributed by atoms with E-state index in [0.29, 0.717) is 32.7 Å². The van der Waals surface area contributed by atoms with Gasteiger partial charge in [-0.25, -0.2) is 4.98 Å². The van der Waals surface area contributed by atoms with Crippen molar-refractivity contribution in [2.75, 3.05) is 14.2 Å². The first-order valence-corrected chi connectivity index (χ1v) is 6.59. The third kappa shape index (κ3) is 2.14. The Hall–Kier alpha value is -3.02. The number of hydrogen-bond donors (Lipinski definition) is 1. The first kappa shape index (κ1) is 13.9. The van der Waals surface area contributed by atoms with Gasteiger partial charge in [-0.2, -0.15) is 0 Å². The lowest BCUT2D eigenvalue weighted by Gasteiger charge is -2.11. The third-order valence-electron chi connectivity index (χ3n) is 3.40. The minimum atomic E-state index is -0.518. The SMILES string of the molecule is COc1ccc(-c2nc3ccccc3c(=O)n2O)cc1OC. The predicted octanol–water partition coefficient (Wildman–Crippen LogP) is 2.32. The molecular weight excluding hydrogens is 284 g/mol. The van der Waals surface area contributed by atoms with Gasteiger partial charge in [0.2, 0.25) is 0 Å². The van der Waals surface area contributed by atoms with Crippen LogP contribution in [0.4, 0.5) is 0 Å². The number of hydrogen-bond acceptors (Lipinski definition) is 5. The number of aromatic nitrogens is 2. The third-order valence-corrected chi connectivity index (χ3v) is 3.40.